The number of aromatic amines is 1. The number of likely N-dealkylation sites (tertiary alicyclic amines) is 1. The molecule has 0 radical (unpaired) electrons. The molecule has 6 heteroatoms. The quantitative estimate of drug-likeness (QED) is 0.618. The SMILES string of the molecule is COc1cccc(CC2(CO)CCCN(Cc3cn[nH]c3-c3ccc(F)cc3)C2)c1. The third kappa shape index (κ3) is 4.55. The summed E-state index contributed by atoms with van der Waals surface area (Å²) in [6.07, 6.45) is 4.69. The molecule has 1 saturated heterocycles. The van der Waals surface area contributed by atoms with Gasteiger partial charge in [0.15, 0.2) is 0 Å². The number of nitrogens with one attached hydrogen (secondary N) is 1. The van der Waals surface area contributed by atoms with Gasteiger partial charge in [0.1, 0.15) is 11.6 Å². The summed E-state index contributed by atoms with van der Waals surface area (Å²) in [7, 11) is 1.67. The number of benzene rings is 2. The molecule has 1 unspecified atom stereocenters. The van der Waals surface area contributed by atoms with Crippen LogP contribution in [-0.2, 0) is 13.0 Å². The third-order valence-electron chi connectivity index (χ3n) is 6.03. The van der Waals surface area contributed by atoms with Crippen LogP contribution >= 0.6 is 0 Å². The summed E-state index contributed by atoms with van der Waals surface area (Å²) in [5, 5.41) is 17.6. The van der Waals surface area contributed by atoms with Gasteiger partial charge in [-0.15, -0.1) is 0 Å². The Kier molecular flexibility index (Phi) is 6.16. The number of aliphatic hydroxyl groups excluding tert-OH is 1. The number of halogens is 1. The van der Waals surface area contributed by atoms with E-state index in [1.54, 1.807) is 19.2 Å². The molecule has 4 rings (SSSR count). The summed E-state index contributed by atoms with van der Waals surface area (Å²) in [6, 6.07) is 14.6. The molecule has 30 heavy (non-hydrogen) atoms. The number of ether oxygens (including phenoxy) is 1. The van der Waals surface area contributed by atoms with Gasteiger partial charge in [0, 0.05) is 29.6 Å². The molecule has 0 amide bonds. The van der Waals surface area contributed by atoms with Crippen molar-refractivity contribution < 1.29 is 14.2 Å². The molecule has 1 aliphatic rings. The van der Waals surface area contributed by atoms with Crippen molar-refractivity contribution in [3.05, 3.63) is 71.7 Å². The fourth-order valence-electron chi connectivity index (χ4n) is 4.53. The van der Waals surface area contributed by atoms with Gasteiger partial charge < -0.3 is 9.84 Å². The smallest absolute Gasteiger partial charge is 0.123 e. The highest BCUT2D eigenvalue weighted by Gasteiger charge is 2.35. The number of hydrogen-bond donors (Lipinski definition) is 2. The first-order valence-corrected chi connectivity index (χ1v) is 10.4. The molecule has 1 aliphatic heterocycles. The van der Waals surface area contributed by atoms with Gasteiger partial charge in [0.2, 0.25) is 0 Å². The Morgan fingerprint density at radius 2 is 2.07 bits per heavy atom. The summed E-state index contributed by atoms with van der Waals surface area (Å²) >= 11 is 0. The Morgan fingerprint density at radius 1 is 1.23 bits per heavy atom. The van der Waals surface area contributed by atoms with Gasteiger partial charge in [0.05, 0.1) is 25.6 Å². The van der Waals surface area contributed by atoms with Crippen LogP contribution < -0.4 is 4.74 Å². The maximum atomic E-state index is 13.3. The lowest BCUT2D eigenvalue weighted by molar-refractivity contribution is 0.0289. The van der Waals surface area contributed by atoms with E-state index >= 15 is 0 Å². The molecular formula is C24H28FN3O2. The molecule has 2 heterocycles. The topological polar surface area (TPSA) is 61.4 Å². The standard InChI is InChI=1S/C24H28FN3O2/c1-30-22-5-2-4-18(12-22)13-24(17-29)10-3-11-28(16-24)15-20-14-26-27-23(20)19-6-8-21(25)9-7-19/h2,4-9,12,14,29H,3,10-11,13,15-17H2,1H3,(H,26,27). The summed E-state index contributed by atoms with van der Waals surface area (Å²) < 4.78 is 18.6. The van der Waals surface area contributed by atoms with Crippen LogP contribution in [0.4, 0.5) is 4.39 Å². The van der Waals surface area contributed by atoms with Crippen LogP contribution in [0.5, 0.6) is 5.75 Å². The second-order valence-electron chi connectivity index (χ2n) is 8.28. The van der Waals surface area contributed by atoms with E-state index in [2.05, 4.69) is 27.2 Å². The largest absolute Gasteiger partial charge is 0.497 e. The van der Waals surface area contributed by atoms with Crippen molar-refractivity contribution in [2.75, 3.05) is 26.8 Å². The predicted octanol–water partition coefficient (Wildman–Crippen LogP) is 4.04. The highest BCUT2D eigenvalue weighted by Crippen LogP contribution is 2.35. The average Bonchev–Trinajstić information content (AvgIpc) is 3.22. The van der Waals surface area contributed by atoms with Crippen molar-refractivity contribution in [2.45, 2.75) is 25.8 Å². The van der Waals surface area contributed by atoms with E-state index in [1.807, 2.05) is 18.3 Å². The number of H-pyrrole nitrogens is 1. The number of aromatic nitrogens is 2. The average molecular weight is 410 g/mol. The molecule has 5 nitrogen and oxygen atoms in total. The maximum absolute atomic E-state index is 13.3. The Labute approximate surface area is 176 Å². The fourth-order valence-corrected chi connectivity index (χ4v) is 4.53. The highest BCUT2D eigenvalue weighted by molar-refractivity contribution is 5.62. The van der Waals surface area contributed by atoms with Crippen molar-refractivity contribution in [1.82, 2.24) is 15.1 Å². The lowest BCUT2D eigenvalue weighted by atomic mass is 9.75. The fraction of sp³-hybridized carbons (Fsp3) is 0.375. The van der Waals surface area contributed by atoms with E-state index in [4.69, 9.17) is 4.74 Å². The van der Waals surface area contributed by atoms with E-state index in [0.717, 1.165) is 61.5 Å². The number of hydrogen-bond acceptors (Lipinski definition) is 4. The lowest BCUT2D eigenvalue weighted by Crippen LogP contribution is -2.46. The summed E-state index contributed by atoms with van der Waals surface area (Å²) in [5.41, 5.74) is 3.93. The molecule has 3 aromatic rings. The Bertz CT molecular complexity index is 973. The minimum Gasteiger partial charge on any atom is -0.497 e. The molecule has 2 N–H and O–H groups in total. The van der Waals surface area contributed by atoms with Crippen LogP contribution in [0.15, 0.2) is 54.7 Å². The minimum absolute atomic E-state index is 0.150. The predicted molar refractivity (Wildman–Crippen MR) is 115 cm³/mol. The van der Waals surface area contributed by atoms with Crippen LogP contribution in [0.3, 0.4) is 0 Å². The van der Waals surface area contributed by atoms with Crippen LogP contribution in [-0.4, -0.2) is 47.0 Å². The van der Waals surface area contributed by atoms with Crippen LogP contribution in [0.1, 0.15) is 24.0 Å². The van der Waals surface area contributed by atoms with Crippen LogP contribution in [0, 0.1) is 11.2 Å². The normalized spacial score (nSPS) is 19.7. The Hall–Kier alpha value is -2.70. The highest BCUT2D eigenvalue weighted by atomic mass is 19.1. The summed E-state index contributed by atoms with van der Waals surface area (Å²) in [6.45, 7) is 2.68. The lowest BCUT2D eigenvalue weighted by Gasteiger charge is -2.42. The van der Waals surface area contributed by atoms with Gasteiger partial charge in [0.25, 0.3) is 0 Å². The first kappa shape index (κ1) is 20.6. The van der Waals surface area contributed by atoms with Crippen LogP contribution in [0.2, 0.25) is 0 Å². The molecule has 1 fully saturated rings. The van der Waals surface area contributed by atoms with Crippen molar-refractivity contribution in [3.63, 3.8) is 0 Å². The van der Waals surface area contributed by atoms with Gasteiger partial charge in [-0.3, -0.25) is 10.00 Å². The van der Waals surface area contributed by atoms with Crippen molar-refractivity contribution in [2.24, 2.45) is 5.41 Å². The van der Waals surface area contributed by atoms with Gasteiger partial charge >= 0.3 is 0 Å². The van der Waals surface area contributed by atoms with E-state index < -0.39 is 0 Å². The molecule has 2 aromatic carbocycles. The van der Waals surface area contributed by atoms with E-state index in [1.165, 1.54) is 17.7 Å². The summed E-state index contributed by atoms with van der Waals surface area (Å²) in [4.78, 5) is 2.39. The van der Waals surface area contributed by atoms with Gasteiger partial charge in [-0.1, -0.05) is 12.1 Å². The zero-order chi connectivity index (χ0) is 21.0. The van der Waals surface area contributed by atoms with E-state index in [9.17, 15) is 9.50 Å². The van der Waals surface area contributed by atoms with Gasteiger partial charge in [-0.05, 0) is 67.8 Å². The molecule has 158 valence electrons. The first-order valence-electron chi connectivity index (χ1n) is 10.4. The van der Waals surface area contributed by atoms with Gasteiger partial charge in [-0.25, -0.2) is 4.39 Å². The molecule has 0 spiro atoms. The zero-order valence-corrected chi connectivity index (χ0v) is 17.3. The van der Waals surface area contributed by atoms with E-state index in [0.29, 0.717) is 0 Å². The number of piperidine rings is 1. The number of rotatable bonds is 7. The maximum Gasteiger partial charge on any atom is 0.123 e. The van der Waals surface area contributed by atoms with Crippen molar-refractivity contribution in [3.8, 4) is 17.0 Å². The third-order valence-corrected chi connectivity index (χ3v) is 6.03. The van der Waals surface area contributed by atoms with Gasteiger partial charge in [-0.2, -0.15) is 5.10 Å². The van der Waals surface area contributed by atoms with Crippen molar-refractivity contribution >= 4 is 0 Å². The summed E-state index contributed by atoms with van der Waals surface area (Å²) in [5.74, 6) is 0.594. The second-order valence-corrected chi connectivity index (χ2v) is 8.28. The van der Waals surface area contributed by atoms with Crippen molar-refractivity contribution in [1.29, 1.82) is 0 Å². The Morgan fingerprint density at radius 3 is 2.83 bits per heavy atom. The second kappa shape index (κ2) is 8.98. The number of aliphatic hydroxyl groups is 1. The molecule has 0 saturated carbocycles. The molecule has 1 aromatic heterocycles. The number of methoxy groups -OCH3 is 1. The zero-order valence-electron chi connectivity index (χ0n) is 17.3. The monoisotopic (exact) mass is 409 g/mol. The molecule has 0 bridgehead atoms. The van der Waals surface area contributed by atoms with Crippen LogP contribution in [0.25, 0.3) is 11.3 Å². The Balaban J connectivity index is 1.50. The molecular weight excluding hydrogens is 381 g/mol. The molecule has 1 atom stereocenters. The number of nitrogens with zero attached hydrogens (tertiary/aromatic N) is 2. The molecule has 0 aliphatic carbocycles. The minimum atomic E-state index is -0.249. The van der Waals surface area contributed by atoms with E-state index in [-0.39, 0.29) is 17.8 Å². The first-order chi connectivity index (χ1) is 14.6.